The minimum Gasteiger partial charge on any atom is -0.322 e. The Bertz CT molecular complexity index is 624. The third-order valence-electron chi connectivity index (χ3n) is 3.08. The zero-order valence-corrected chi connectivity index (χ0v) is 12.2. The molecule has 2 N–H and O–H groups in total. The van der Waals surface area contributed by atoms with Crippen LogP contribution in [0.1, 0.15) is 18.2 Å². The maximum atomic E-state index is 13.4. The highest BCUT2D eigenvalue weighted by atomic mass is 19.1. The van der Waals surface area contributed by atoms with E-state index in [1.54, 1.807) is 16.8 Å². The predicted molar refractivity (Wildman–Crippen MR) is 79.3 cm³/mol. The monoisotopic (exact) mass is 290 g/mol. The number of aryl methyl sites for hydroxylation is 2. The maximum Gasteiger partial charge on any atom is 0.238 e. The van der Waals surface area contributed by atoms with Crippen LogP contribution in [0, 0.1) is 5.82 Å². The van der Waals surface area contributed by atoms with E-state index < -0.39 is 5.82 Å². The van der Waals surface area contributed by atoms with Crippen molar-refractivity contribution in [2.75, 3.05) is 11.9 Å². The zero-order valence-electron chi connectivity index (χ0n) is 12.2. The number of para-hydroxylation sites is 1. The highest BCUT2D eigenvalue weighted by Crippen LogP contribution is 2.12. The second-order valence-corrected chi connectivity index (χ2v) is 4.76. The fraction of sp³-hybridized carbons (Fsp3) is 0.333. The summed E-state index contributed by atoms with van der Waals surface area (Å²) in [6.45, 7) is 2.71. The summed E-state index contributed by atoms with van der Waals surface area (Å²) in [6, 6.07) is 6.10. The molecular formula is C15H19FN4O. The first kappa shape index (κ1) is 15.2. The third kappa shape index (κ3) is 4.13. The lowest BCUT2D eigenvalue weighted by Crippen LogP contribution is -2.28. The van der Waals surface area contributed by atoms with Gasteiger partial charge in [0.15, 0.2) is 0 Å². The molecule has 21 heavy (non-hydrogen) atoms. The molecule has 0 spiro atoms. The standard InChI is InChI=1S/C15H19FN4O/c1-3-13-11(10-20(2)19-13)8-17-9-15(21)18-14-7-5-4-6-12(14)16/h4-7,10,17H,3,8-9H2,1-2H3,(H,18,21). The van der Waals surface area contributed by atoms with Crippen molar-refractivity contribution in [2.45, 2.75) is 19.9 Å². The summed E-state index contributed by atoms with van der Waals surface area (Å²) in [6.07, 6.45) is 2.78. The van der Waals surface area contributed by atoms with Crippen molar-refractivity contribution in [3.8, 4) is 0 Å². The Balaban J connectivity index is 1.83. The van der Waals surface area contributed by atoms with E-state index in [2.05, 4.69) is 15.7 Å². The van der Waals surface area contributed by atoms with Crippen LogP contribution in [-0.2, 0) is 24.8 Å². The third-order valence-corrected chi connectivity index (χ3v) is 3.08. The molecule has 112 valence electrons. The Labute approximate surface area is 123 Å². The molecule has 1 aromatic carbocycles. The summed E-state index contributed by atoms with van der Waals surface area (Å²) in [5.74, 6) is -0.714. The number of anilines is 1. The van der Waals surface area contributed by atoms with Gasteiger partial charge < -0.3 is 10.6 Å². The Morgan fingerprint density at radius 2 is 2.14 bits per heavy atom. The van der Waals surface area contributed by atoms with Gasteiger partial charge in [-0.3, -0.25) is 9.48 Å². The Kier molecular flexibility index (Phi) is 5.05. The number of nitrogens with one attached hydrogen (secondary N) is 2. The van der Waals surface area contributed by atoms with Crippen LogP contribution in [-0.4, -0.2) is 22.2 Å². The fourth-order valence-electron chi connectivity index (χ4n) is 2.10. The molecule has 6 heteroatoms. The number of carbonyl (C=O) groups is 1. The molecule has 0 saturated heterocycles. The smallest absolute Gasteiger partial charge is 0.238 e. The average molecular weight is 290 g/mol. The number of benzene rings is 1. The van der Waals surface area contributed by atoms with Gasteiger partial charge in [0.05, 0.1) is 17.9 Å². The minimum absolute atomic E-state index is 0.117. The molecule has 2 rings (SSSR count). The van der Waals surface area contributed by atoms with Crippen LogP contribution >= 0.6 is 0 Å². The van der Waals surface area contributed by atoms with E-state index in [1.165, 1.54) is 12.1 Å². The van der Waals surface area contributed by atoms with Crippen LogP contribution in [0.15, 0.2) is 30.5 Å². The second kappa shape index (κ2) is 6.99. The first-order chi connectivity index (χ1) is 10.1. The number of aromatic nitrogens is 2. The van der Waals surface area contributed by atoms with Gasteiger partial charge in [-0.25, -0.2) is 4.39 Å². The van der Waals surface area contributed by atoms with E-state index in [9.17, 15) is 9.18 Å². The number of carbonyl (C=O) groups excluding carboxylic acids is 1. The minimum atomic E-state index is -0.439. The van der Waals surface area contributed by atoms with Gasteiger partial charge in [0, 0.05) is 25.4 Å². The maximum absolute atomic E-state index is 13.4. The average Bonchev–Trinajstić information content (AvgIpc) is 2.81. The summed E-state index contributed by atoms with van der Waals surface area (Å²) < 4.78 is 15.2. The second-order valence-electron chi connectivity index (χ2n) is 4.76. The molecule has 1 aromatic heterocycles. The Hall–Kier alpha value is -2.21. The molecule has 0 radical (unpaired) electrons. The van der Waals surface area contributed by atoms with E-state index in [0.717, 1.165) is 17.7 Å². The van der Waals surface area contributed by atoms with Gasteiger partial charge in [-0.1, -0.05) is 19.1 Å². The molecule has 1 amide bonds. The van der Waals surface area contributed by atoms with E-state index in [0.29, 0.717) is 6.54 Å². The van der Waals surface area contributed by atoms with Crippen LogP contribution < -0.4 is 10.6 Å². The number of hydrogen-bond acceptors (Lipinski definition) is 3. The number of amides is 1. The summed E-state index contributed by atoms with van der Waals surface area (Å²) in [4.78, 5) is 11.8. The topological polar surface area (TPSA) is 59.0 Å². The lowest BCUT2D eigenvalue weighted by molar-refractivity contribution is -0.115. The van der Waals surface area contributed by atoms with Gasteiger partial charge in [0.25, 0.3) is 0 Å². The number of nitrogens with zero attached hydrogens (tertiary/aromatic N) is 2. The predicted octanol–water partition coefficient (Wildman–Crippen LogP) is 1.85. The van der Waals surface area contributed by atoms with Crippen LogP contribution in [0.4, 0.5) is 10.1 Å². The van der Waals surface area contributed by atoms with Crippen molar-refractivity contribution in [1.82, 2.24) is 15.1 Å². The highest BCUT2D eigenvalue weighted by molar-refractivity contribution is 5.92. The van der Waals surface area contributed by atoms with Crippen molar-refractivity contribution in [3.05, 3.63) is 47.5 Å². The van der Waals surface area contributed by atoms with Gasteiger partial charge in [-0.2, -0.15) is 5.10 Å². The lowest BCUT2D eigenvalue weighted by atomic mass is 10.2. The van der Waals surface area contributed by atoms with Crippen molar-refractivity contribution < 1.29 is 9.18 Å². The summed E-state index contributed by atoms with van der Waals surface area (Å²) >= 11 is 0. The van der Waals surface area contributed by atoms with E-state index in [-0.39, 0.29) is 18.1 Å². The number of halogens is 1. The molecule has 5 nitrogen and oxygen atoms in total. The van der Waals surface area contributed by atoms with Crippen molar-refractivity contribution in [3.63, 3.8) is 0 Å². The molecule has 1 heterocycles. The molecule has 0 atom stereocenters. The van der Waals surface area contributed by atoms with Crippen LogP contribution in [0.5, 0.6) is 0 Å². The molecule has 0 aliphatic heterocycles. The van der Waals surface area contributed by atoms with Gasteiger partial charge >= 0.3 is 0 Å². The van der Waals surface area contributed by atoms with Crippen molar-refractivity contribution >= 4 is 11.6 Å². The number of hydrogen-bond donors (Lipinski definition) is 2. The molecule has 0 saturated carbocycles. The molecule has 0 aliphatic carbocycles. The van der Waals surface area contributed by atoms with Crippen LogP contribution in [0.3, 0.4) is 0 Å². The highest BCUT2D eigenvalue weighted by Gasteiger charge is 2.08. The lowest BCUT2D eigenvalue weighted by Gasteiger charge is -2.07. The van der Waals surface area contributed by atoms with Crippen molar-refractivity contribution in [1.29, 1.82) is 0 Å². The first-order valence-electron chi connectivity index (χ1n) is 6.86. The van der Waals surface area contributed by atoms with Crippen LogP contribution in [0.2, 0.25) is 0 Å². The molecule has 0 fully saturated rings. The summed E-state index contributed by atoms with van der Waals surface area (Å²) in [5, 5.41) is 9.91. The largest absolute Gasteiger partial charge is 0.322 e. The van der Waals surface area contributed by atoms with Gasteiger partial charge in [0.2, 0.25) is 5.91 Å². The summed E-state index contributed by atoms with van der Waals surface area (Å²) in [7, 11) is 1.87. The van der Waals surface area contributed by atoms with Gasteiger partial charge in [0.1, 0.15) is 5.82 Å². The molecule has 0 bridgehead atoms. The van der Waals surface area contributed by atoms with Crippen LogP contribution in [0.25, 0.3) is 0 Å². The quantitative estimate of drug-likeness (QED) is 0.853. The zero-order chi connectivity index (χ0) is 15.2. The normalized spacial score (nSPS) is 10.6. The fourth-order valence-corrected chi connectivity index (χ4v) is 2.10. The van der Waals surface area contributed by atoms with Crippen molar-refractivity contribution in [2.24, 2.45) is 7.05 Å². The SMILES string of the molecule is CCc1nn(C)cc1CNCC(=O)Nc1ccccc1F. The molecule has 2 aromatic rings. The summed E-state index contributed by atoms with van der Waals surface area (Å²) in [5.41, 5.74) is 2.28. The van der Waals surface area contributed by atoms with E-state index in [1.807, 2.05) is 20.2 Å². The Morgan fingerprint density at radius 3 is 2.86 bits per heavy atom. The number of rotatable bonds is 6. The first-order valence-corrected chi connectivity index (χ1v) is 6.86. The van der Waals surface area contributed by atoms with E-state index in [4.69, 9.17) is 0 Å². The van der Waals surface area contributed by atoms with Gasteiger partial charge in [-0.15, -0.1) is 0 Å². The Morgan fingerprint density at radius 1 is 1.38 bits per heavy atom. The molecule has 0 aliphatic rings. The molecule has 0 unspecified atom stereocenters. The molecular weight excluding hydrogens is 271 g/mol. The van der Waals surface area contributed by atoms with Gasteiger partial charge in [-0.05, 0) is 18.6 Å². The van der Waals surface area contributed by atoms with E-state index >= 15 is 0 Å².